The second kappa shape index (κ2) is 6.88. The zero-order valence-corrected chi connectivity index (χ0v) is 13.8. The molecular weight excluding hydrogens is 316 g/mol. The van der Waals surface area contributed by atoms with Crippen molar-refractivity contribution in [2.45, 2.75) is 38.1 Å². The highest BCUT2D eigenvalue weighted by Crippen LogP contribution is 2.27. The van der Waals surface area contributed by atoms with E-state index >= 15 is 0 Å². The van der Waals surface area contributed by atoms with Crippen molar-refractivity contribution in [3.63, 3.8) is 0 Å². The van der Waals surface area contributed by atoms with E-state index in [0.29, 0.717) is 28.9 Å². The molecule has 0 aliphatic heterocycles. The zero-order valence-electron chi connectivity index (χ0n) is 13.8. The molecule has 25 heavy (non-hydrogen) atoms. The molecule has 4 rings (SSSR count). The van der Waals surface area contributed by atoms with Gasteiger partial charge in [-0.2, -0.15) is 0 Å². The standard InChI is InChI=1S/C18H20N6O/c25-18-16-12(6-7-21-18)10-14(23-15-11-19-8-9-20-15)24-17(16)22-13-4-2-1-3-5-13/h6-11,13H,1-5H2,(H,21,25)(H2,20,22,23,24). The quantitative estimate of drug-likeness (QED) is 0.677. The van der Waals surface area contributed by atoms with Gasteiger partial charge in [-0.1, -0.05) is 19.3 Å². The third kappa shape index (κ3) is 3.45. The lowest BCUT2D eigenvalue weighted by Crippen LogP contribution is -2.24. The molecule has 0 aromatic carbocycles. The second-order valence-corrected chi connectivity index (χ2v) is 6.32. The van der Waals surface area contributed by atoms with Crippen LogP contribution in [-0.4, -0.2) is 26.0 Å². The Morgan fingerprint density at radius 1 is 1.12 bits per heavy atom. The van der Waals surface area contributed by atoms with Crippen LogP contribution < -0.4 is 16.2 Å². The second-order valence-electron chi connectivity index (χ2n) is 6.32. The van der Waals surface area contributed by atoms with Crippen molar-refractivity contribution >= 4 is 28.2 Å². The Balaban J connectivity index is 1.73. The lowest BCUT2D eigenvalue weighted by atomic mass is 9.95. The molecule has 0 saturated heterocycles. The van der Waals surface area contributed by atoms with Crippen molar-refractivity contribution in [3.05, 3.63) is 47.3 Å². The Kier molecular flexibility index (Phi) is 4.28. The van der Waals surface area contributed by atoms with Gasteiger partial charge in [-0.3, -0.25) is 9.78 Å². The number of rotatable bonds is 4. The molecule has 0 radical (unpaired) electrons. The van der Waals surface area contributed by atoms with Gasteiger partial charge in [0.25, 0.3) is 5.56 Å². The number of anilines is 3. The fourth-order valence-corrected chi connectivity index (χ4v) is 3.32. The maximum atomic E-state index is 12.3. The number of nitrogens with one attached hydrogen (secondary N) is 3. The topological polar surface area (TPSA) is 95.6 Å². The summed E-state index contributed by atoms with van der Waals surface area (Å²) < 4.78 is 0. The van der Waals surface area contributed by atoms with Crippen molar-refractivity contribution in [3.8, 4) is 0 Å². The van der Waals surface area contributed by atoms with Crippen LogP contribution in [0.3, 0.4) is 0 Å². The van der Waals surface area contributed by atoms with Crippen molar-refractivity contribution in [1.29, 1.82) is 0 Å². The number of nitrogens with zero attached hydrogens (tertiary/aromatic N) is 3. The maximum absolute atomic E-state index is 12.3. The van der Waals surface area contributed by atoms with E-state index in [2.05, 4.69) is 30.6 Å². The number of fused-ring (bicyclic) bond motifs is 1. The molecule has 1 aliphatic rings. The van der Waals surface area contributed by atoms with Crippen LogP contribution in [0, 0.1) is 0 Å². The van der Waals surface area contributed by atoms with Crippen molar-refractivity contribution in [2.75, 3.05) is 10.6 Å². The highest BCUT2D eigenvalue weighted by molar-refractivity contribution is 5.93. The summed E-state index contributed by atoms with van der Waals surface area (Å²) in [4.78, 5) is 28.0. The van der Waals surface area contributed by atoms with Crippen LogP contribution in [0.2, 0.25) is 0 Å². The van der Waals surface area contributed by atoms with E-state index in [1.807, 2.05) is 12.1 Å². The highest BCUT2D eigenvalue weighted by atomic mass is 16.1. The van der Waals surface area contributed by atoms with Crippen molar-refractivity contribution < 1.29 is 0 Å². The predicted molar refractivity (Wildman–Crippen MR) is 98.2 cm³/mol. The Hall–Kier alpha value is -2.96. The van der Waals surface area contributed by atoms with Crippen LogP contribution in [0.4, 0.5) is 17.5 Å². The number of aromatic nitrogens is 4. The molecule has 3 aromatic heterocycles. The van der Waals surface area contributed by atoms with Crippen LogP contribution >= 0.6 is 0 Å². The van der Waals surface area contributed by atoms with E-state index in [4.69, 9.17) is 0 Å². The van der Waals surface area contributed by atoms with E-state index in [1.165, 1.54) is 19.3 Å². The first-order chi connectivity index (χ1) is 12.3. The number of pyridine rings is 2. The van der Waals surface area contributed by atoms with E-state index in [0.717, 1.165) is 18.2 Å². The van der Waals surface area contributed by atoms with Gasteiger partial charge in [0.15, 0.2) is 0 Å². The molecule has 7 nitrogen and oxygen atoms in total. The fourth-order valence-electron chi connectivity index (χ4n) is 3.32. The average molecular weight is 336 g/mol. The van der Waals surface area contributed by atoms with Gasteiger partial charge in [-0.25, -0.2) is 9.97 Å². The Labute approximate surface area is 144 Å². The molecule has 0 bridgehead atoms. The summed E-state index contributed by atoms with van der Waals surface area (Å²) in [6.07, 6.45) is 12.4. The van der Waals surface area contributed by atoms with Gasteiger partial charge < -0.3 is 15.6 Å². The molecule has 1 saturated carbocycles. The number of H-pyrrole nitrogens is 1. The van der Waals surface area contributed by atoms with Gasteiger partial charge in [-0.05, 0) is 30.4 Å². The first-order valence-electron chi connectivity index (χ1n) is 8.61. The van der Waals surface area contributed by atoms with E-state index in [-0.39, 0.29) is 5.56 Å². The minimum absolute atomic E-state index is 0.130. The first kappa shape index (κ1) is 15.6. The van der Waals surface area contributed by atoms with Crippen molar-refractivity contribution in [2.24, 2.45) is 0 Å². The van der Waals surface area contributed by atoms with Gasteiger partial charge in [0.05, 0.1) is 11.6 Å². The molecule has 0 spiro atoms. The van der Waals surface area contributed by atoms with Gasteiger partial charge in [0, 0.05) is 24.6 Å². The lowest BCUT2D eigenvalue weighted by molar-refractivity contribution is 0.462. The summed E-state index contributed by atoms with van der Waals surface area (Å²) in [5, 5.41) is 8.07. The Morgan fingerprint density at radius 3 is 2.80 bits per heavy atom. The Bertz CT molecular complexity index is 918. The SMILES string of the molecule is O=c1[nH]ccc2cc(Nc3cnccn3)nc(NC3CCCCC3)c12. The molecule has 7 heteroatoms. The Morgan fingerprint density at radius 2 is 2.00 bits per heavy atom. The summed E-state index contributed by atoms with van der Waals surface area (Å²) in [7, 11) is 0. The van der Waals surface area contributed by atoms with Crippen LogP contribution in [0.1, 0.15) is 32.1 Å². The number of hydrogen-bond acceptors (Lipinski definition) is 6. The number of aromatic amines is 1. The van der Waals surface area contributed by atoms with E-state index in [9.17, 15) is 4.79 Å². The molecule has 0 unspecified atom stereocenters. The largest absolute Gasteiger partial charge is 0.367 e. The van der Waals surface area contributed by atoms with Crippen LogP contribution in [0.15, 0.2) is 41.7 Å². The van der Waals surface area contributed by atoms with Gasteiger partial charge in [0.2, 0.25) is 0 Å². The van der Waals surface area contributed by atoms with E-state index in [1.54, 1.807) is 24.8 Å². The average Bonchev–Trinajstić information content (AvgIpc) is 2.63. The highest BCUT2D eigenvalue weighted by Gasteiger charge is 2.17. The summed E-state index contributed by atoms with van der Waals surface area (Å²) >= 11 is 0. The molecule has 1 fully saturated rings. The molecule has 3 aromatic rings. The summed E-state index contributed by atoms with van der Waals surface area (Å²) in [6.45, 7) is 0. The summed E-state index contributed by atoms with van der Waals surface area (Å²) in [6, 6.07) is 4.09. The maximum Gasteiger partial charge on any atom is 0.259 e. The molecule has 0 atom stereocenters. The zero-order chi connectivity index (χ0) is 17.1. The third-order valence-corrected chi connectivity index (χ3v) is 4.52. The monoisotopic (exact) mass is 336 g/mol. The molecular formula is C18H20N6O. The third-order valence-electron chi connectivity index (χ3n) is 4.52. The molecule has 3 heterocycles. The van der Waals surface area contributed by atoms with Gasteiger partial charge >= 0.3 is 0 Å². The van der Waals surface area contributed by atoms with E-state index < -0.39 is 0 Å². The summed E-state index contributed by atoms with van der Waals surface area (Å²) in [5.41, 5.74) is -0.130. The first-order valence-corrected chi connectivity index (χ1v) is 8.61. The van der Waals surface area contributed by atoms with Gasteiger partial charge in [-0.15, -0.1) is 0 Å². The number of hydrogen-bond donors (Lipinski definition) is 3. The minimum Gasteiger partial charge on any atom is -0.367 e. The van der Waals surface area contributed by atoms with Crippen LogP contribution in [-0.2, 0) is 0 Å². The van der Waals surface area contributed by atoms with Crippen LogP contribution in [0.5, 0.6) is 0 Å². The van der Waals surface area contributed by atoms with Gasteiger partial charge in [0.1, 0.15) is 17.5 Å². The van der Waals surface area contributed by atoms with Crippen molar-refractivity contribution in [1.82, 2.24) is 19.9 Å². The predicted octanol–water partition coefficient (Wildman–Crippen LogP) is 3.20. The minimum atomic E-state index is -0.130. The summed E-state index contributed by atoms with van der Waals surface area (Å²) in [5.74, 6) is 1.87. The molecule has 128 valence electrons. The fraction of sp³-hybridized carbons (Fsp3) is 0.333. The molecule has 0 amide bonds. The lowest BCUT2D eigenvalue weighted by Gasteiger charge is -2.24. The molecule has 1 aliphatic carbocycles. The smallest absolute Gasteiger partial charge is 0.259 e. The molecule has 3 N–H and O–H groups in total. The van der Waals surface area contributed by atoms with Crippen LogP contribution in [0.25, 0.3) is 10.8 Å². The normalized spacial score (nSPS) is 15.2.